The van der Waals surface area contributed by atoms with Gasteiger partial charge in [-0.1, -0.05) is 0 Å². The van der Waals surface area contributed by atoms with E-state index in [4.69, 9.17) is 9.47 Å². The van der Waals surface area contributed by atoms with Crippen LogP contribution in [-0.4, -0.2) is 90.8 Å². The number of carbonyl (C=O) groups excluding carboxylic acids is 2. The molecule has 7 nitrogen and oxygen atoms in total. The van der Waals surface area contributed by atoms with Crippen LogP contribution in [-0.2, 0) is 14.3 Å². The molecule has 3 fully saturated rings. The summed E-state index contributed by atoms with van der Waals surface area (Å²) in [7, 11) is 1.63. The molecule has 3 heterocycles. The Labute approximate surface area is 150 Å². The summed E-state index contributed by atoms with van der Waals surface area (Å²) >= 11 is 0. The van der Waals surface area contributed by atoms with Gasteiger partial charge in [-0.3, -0.25) is 4.79 Å². The first kappa shape index (κ1) is 18.5. The first-order valence-electron chi connectivity index (χ1n) is 9.56. The second-order valence-electron chi connectivity index (χ2n) is 7.21. The van der Waals surface area contributed by atoms with Gasteiger partial charge < -0.3 is 24.2 Å². The maximum Gasteiger partial charge on any atom is 0.319 e. The normalized spacial score (nSPS) is 26.7. The zero-order valence-corrected chi connectivity index (χ0v) is 15.7. The lowest BCUT2D eigenvalue weighted by Gasteiger charge is -2.61. The molecule has 1 unspecified atom stereocenters. The van der Waals surface area contributed by atoms with Crippen LogP contribution in [0, 0.1) is 0 Å². The van der Waals surface area contributed by atoms with Crippen LogP contribution < -0.4 is 0 Å². The van der Waals surface area contributed by atoms with Gasteiger partial charge in [-0.05, 0) is 39.5 Å². The van der Waals surface area contributed by atoms with Gasteiger partial charge in [-0.2, -0.15) is 0 Å². The maximum absolute atomic E-state index is 12.7. The Bertz CT molecular complexity index is 495. The number of hydrogen-bond acceptors (Lipinski definition) is 4. The molecule has 3 aliphatic heterocycles. The molecule has 0 aromatic rings. The average Bonchev–Trinajstić information content (AvgIpc) is 2.64. The van der Waals surface area contributed by atoms with Crippen molar-refractivity contribution < 1.29 is 19.1 Å². The van der Waals surface area contributed by atoms with Gasteiger partial charge in [0.25, 0.3) is 5.91 Å². The standard InChI is InChI=1S/C18H31N3O4/c1-4-19(5-2)17(23)20-10-6-14(7-11-20)21-16(22)15(24-3)18(21)8-12-25-13-9-18/h14-15H,4-13H2,1-3H3. The van der Waals surface area contributed by atoms with Gasteiger partial charge in [0.2, 0.25) is 0 Å². The highest BCUT2D eigenvalue weighted by Gasteiger charge is 2.62. The Morgan fingerprint density at radius 1 is 1.24 bits per heavy atom. The second-order valence-corrected chi connectivity index (χ2v) is 7.21. The van der Waals surface area contributed by atoms with Crippen LogP contribution in [0.4, 0.5) is 4.79 Å². The second kappa shape index (κ2) is 7.50. The Morgan fingerprint density at radius 3 is 2.36 bits per heavy atom. The van der Waals surface area contributed by atoms with E-state index in [1.807, 2.05) is 23.6 Å². The molecule has 7 heteroatoms. The Morgan fingerprint density at radius 2 is 1.84 bits per heavy atom. The van der Waals surface area contributed by atoms with Crippen LogP contribution >= 0.6 is 0 Å². The smallest absolute Gasteiger partial charge is 0.319 e. The summed E-state index contributed by atoms with van der Waals surface area (Å²) in [6.45, 7) is 8.28. The summed E-state index contributed by atoms with van der Waals surface area (Å²) < 4.78 is 11.0. The molecule has 0 saturated carbocycles. The fourth-order valence-corrected chi connectivity index (χ4v) is 4.74. The summed E-state index contributed by atoms with van der Waals surface area (Å²) in [5.74, 6) is 0.109. The zero-order valence-electron chi connectivity index (χ0n) is 15.7. The van der Waals surface area contributed by atoms with Crippen molar-refractivity contribution in [2.24, 2.45) is 0 Å². The van der Waals surface area contributed by atoms with Crippen molar-refractivity contribution in [2.75, 3.05) is 46.5 Å². The van der Waals surface area contributed by atoms with Crippen molar-refractivity contribution in [3.05, 3.63) is 0 Å². The zero-order chi connectivity index (χ0) is 18.0. The van der Waals surface area contributed by atoms with Crippen molar-refractivity contribution in [1.29, 1.82) is 0 Å². The number of methoxy groups -OCH3 is 1. The molecule has 1 spiro atoms. The van der Waals surface area contributed by atoms with E-state index in [0.29, 0.717) is 26.3 Å². The summed E-state index contributed by atoms with van der Waals surface area (Å²) in [5, 5.41) is 0. The molecule has 0 aliphatic carbocycles. The highest BCUT2D eigenvalue weighted by molar-refractivity contribution is 5.91. The molecule has 0 N–H and O–H groups in total. The number of likely N-dealkylation sites (tertiary alicyclic amines) is 2. The Kier molecular flexibility index (Phi) is 5.53. The van der Waals surface area contributed by atoms with E-state index in [9.17, 15) is 9.59 Å². The molecule has 3 amide bonds. The maximum atomic E-state index is 12.7. The summed E-state index contributed by atoms with van der Waals surface area (Å²) in [5.41, 5.74) is -0.195. The van der Waals surface area contributed by atoms with E-state index < -0.39 is 0 Å². The topological polar surface area (TPSA) is 62.3 Å². The minimum atomic E-state index is -0.327. The minimum absolute atomic E-state index is 0.109. The van der Waals surface area contributed by atoms with Gasteiger partial charge in [0.15, 0.2) is 6.10 Å². The minimum Gasteiger partial charge on any atom is -0.381 e. The van der Waals surface area contributed by atoms with E-state index in [1.165, 1.54) is 0 Å². The molecule has 142 valence electrons. The molecule has 0 aromatic heterocycles. The number of urea groups is 1. The molecule has 25 heavy (non-hydrogen) atoms. The number of β-lactam (4-membered cyclic amide) rings is 1. The number of rotatable bonds is 4. The Balaban J connectivity index is 1.64. The number of carbonyl (C=O) groups is 2. The summed E-state index contributed by atoms with van der Waals surface area (Å²) in [6.07, 6.45) is 3.05. The third-order valence-corrected chi connectivity index (χ3v) is 6.16. The van der Waals surface area contributed by atoms with Gasteiger partial charge in [-0.15, -0.1) is 0 Å². The van der Waals surface area contributed by atoms with Crippen LogP contribution in [0.1, 0.15) is 39.5 Å². The number of amides is 3. The van der Waals surface area contributed by atoms with Crippen LogP contribution in [0.25, 0.3) is 0 Å². The largest absolute Gasteiger partial charge is 0.381 e. The molecule has 0 radical (unpaired) electrons. The predicted molar refractivity (Wildman–Crippen MR) is 93.3 cm³/mol. The average molecular weight is 353 g/mol. The molecule has 0 bridgehead atoms. The fourth-order valence-electron chi connectivity index (χ4n) is 4.74. The van der Waals surface area contributed by atoms with Crippen molar-refractivity contribution in [1.82, 2.24) is 14.7 Å². The lowest BCUT2D eigenvalue weighted by Crippen LogP contribution is -2.79. The third kappa shape index (κ3) is 3.01. The number of hydrogen-bond donors (Lipinski definition) is 0. The first-order valence-corrected chi connectivity index (χ1v) is 9.56. The van der Waals surface area contributed by atoms with Crippen LogP contribution in [0.3, 0.4) is 0 Å². The van der Waals surface area contributed by atoms with Gasteiger partial charge >= 0.3 is 6.03 Å². The third-order valence-electron chi connectivity index (χ3n) is 6.16. The quantitative estimate of drug-likeness (QED) is 0.715. The van der Waals surface area contributed by atoms with E-state index in [-0.39, 0.29) is 29.6 Å². The molecular formula is C18H31N3O4. The molecule has 3 saturated heterocycles. The van der Waals surface area contributed by atoms with Crippen molar-refractivity contribution in [2.45, 2.75) is 57.2 Å². The van der Waals surface area contributed by atoms with Crippen molar-refractivity contribution >= 4 is 11.9 Å². The predicted octanol–water partition coefficient (Wildman–Crippen LogP) is 1.32. The van der Waals surface area contributed by atoms with E-state index in [0.717, 1.165) is 38.8 Å². The van der Waals surface area contributed by atoms with Crippen molar-refractivity contribution in [3.8, 4) is 0 Å². The highest BCUT2D eigenvalue weighted by atomic mass is 16.5. The van der Waals surface area contributed by atoms with Gasteiger partial charge in [0, 0.05) is 52.5 Å². The molecule has 3 rings (SSSR count). The summed E-state index contributed by atoms with van der Waals surface area (Å²) in [6, 6.07) is 0.326. The van der Waals surface area contributed by atoms with E-state index >= 15 is 0 Å². The monoisotopic (exact) mass is 353 g/mol. The number of ether oxygens (including phenoxy) is 2. The molecule has 0 aromatic carbocycles. The van der Waals surface area contributed by atoms with Crippen LogP contribution in [0.2, 0.25) is 0 Å². The lowest BCUT2D eigenvalue weighted by molar-refractivity contribution is -0.213. The molecule has 3 aliphatic rings. The van der Waals surface area contributed by atoms with Crippen molar-refractivity contribution in [3.63, 3.8) is 0 Å². The fraction of sp³-hybridized carbons (Fsp3) is 0.889. The van der Waals surface area contributed by atoms with E-state index in [1.54, 1.807) is 7.11 Å². The van der Waals surface area contributed by atoms with Gasteiger partial charge in [0.05, 0.1) is 5.54 Å². The van der Waals surface area contributed by atoms with Gasteiger partial charge in [-0.25, -0.2) is 4.79 Å². The Hall–Kier alpha value is -1.34. The van der Waals surface area contributed by atoms with Gasteiger partial charge in [0.1, 0.15) is 0 Å². The molecular weight excluding hydrogens is 322 g/mol. The first-order chi connectivity index (χ1) is 12.1. The van der Waals surface area contributed by atoms with E-state index in [2.05, 4.69) is 4.90 Å². The lowest BCUT2D eigenvalue weighted by atomic mass is 9.72. The highest BCUT2D eigenvalue weighted by Crippen LogP contribution is 2.45. The molecule has 1 atom stereocenters. The van der Waals surface area contributed by atoms with Crippen LogP contribution in [0.15, 0.2) is 0 Å². The summed E-state index contributed by atoms with van der Waals surface area (Å²) in [4.78, 5) is 31.0. The number of nitrogens with zero attached hydrogens (tertiary/aromatic N) is 3. The SMILES string of the molecule is CCN(CC)C(=O)N1CCC(N2C(=O)C(OC)C23CCOCC3)CC1. The van der Waals surface area contributed by atoms with Crippen LogP contribution in [0.5, 0.6) is 0 Å². The number of piperidine rings is 1.